The number of rotatable bonds is 8. The van der Waals surface area contributed by atoms with Crippen LogP contribution in [0.25, 0.3) is 10.6 Å². The molecule has 9 nitrogen and oxygen atoms in total. The summed E-state index contributed by atoms with van der Waals surface area (Å²) in [7, 11) is 0. The van der Waals surface area contributed by atoms with Crippen molar-refractivity contribution in [1.82, 2.24) is 9.97 Å². The van der Waals surface area contributed by atoms with Gasteiger partial charge in [-0.05, 0) is 35.7 Å². The van der Waals surface area contributed by atoms with Gasteiger partial charge in [-0.2, -0.15) is 0 Å². The highest BCUT2D eigenvalue weighted by atomic mass is 35.5. The molecular formula is C28H29ClN2O7S. The van der Waals surface area contributed by atoms with Crippen LogP contribution in [0, 0.1) is 0 Å². The lowest BCUT2D eigenvalue weighted by Crippen LogP contribution is -2.58. The Balaban J connectivity index is 1.68. The highest BCUT2D eigenvalue weighted by Crippen LogP contribution is 2.40. The molecule has 0 bridgehead atoms. The van der Waals surface area contributed by atoms with E-state index in [9.17, 15) is 14.4 Å². The largest absolute Gasteiger partial charge is 0.456 e. The first-order chi connectivity index (χ1) is 18.7. The van der Waals surface area contributed by atoms with Gasteiger partial charge in [-0.3, -0.25) is 24.4 Å². The minimum absolute atomic E-state index is 0.458. The molecule has 0 saturated carbocycles. The van der Waals surface area contributed by atoms with Crippen molar-refractivity contribution in [2.24, 2.45) is 0 Å². The molecule has 11 heteroatoms. The SMILES string of the molecule is CC[C@H]1OC(c2ccc(Cl)c(Cc3ccc(-c4cnccn4)s3)c2)[C@H](OC(C)=O)[C@@H](OC(C)=O)[C@@H]1OC(C)=O. The Morgan fingerprint density at radius 3 is 2.28 bits per heavy atom. The Hall–Kier alpha value is -3.34. The number of hydrogen-bond donors (Lipinski definition) is 0. The Kier molecular flexibility index (Phi) is 9.32. The summed E-state index contributed by atoms with van der Waals surface area (Å²) in [5.74, 6) is -1.75. The van der Waals surface area contributed by atoms with Gasteiger partial charge in [0, 0.05) is 49.5 Å². The summed E-state index contributed by atoms with van der Waals surface area (Å²) in [4.78, 5) is 46.6. The molecule has 1 fully saturated rings. The molecule has 206 valence electrons. The number of hydrogen-bond acceptors (Lipinski definition) is 10. The van der Waals surface area contributed by atoms with E-state index in [-0.39, 0.29) is 0 Å². The average Bonchev–Trinajstić information content (AvgIpc) is 3.36. The molecule has 1 saturated heterocycles. The summed E-state index contributed by atoms with van der Waals surface area (Å²) in [5.41, 5.74) is 2.31. The lowest BCUT2D eigenvalue weighted by Gasteiger charge is -2.44. The van der Waals surface area contributed by atoms with E-state index in [1.165, 1.54) is 20.8 Å². The fourth-order valence-electron chi connectivity index (χ4n) is 4.62. The number of ether oxygens (including phenoxy) is 4. The summed E-state index contributed by atoms with van der Waals surface area (Å²) in [6.45, 7) is 5.63. The third kappa shape index (κ3) is 7.00. The maximum Gasteiger partial charge on any atom is 0.303 e. The first-order valence-electron chi connectivity index (χ1n) is 12.5. The van der Waals surface area contributed by atoms with Crippen molar-refractivity contribution < 1.29 is 33.3 Å². The van der Waals surface area contributed by atoms with Gasteiger partial charge in [-0.25, -0.2) is 0 Å². The molecule has 3 aromatic rings. The summed E-state index contributed by atoms with van der Waals surface area (Å²) >= 11 is 8.18. The molecule has 0 N–H and O–H groups in total. The van der Waals surface area contributed by atoms with Crippen LogP contribution >= 0.6 is 22.9 Å². The van der Waals surface area contributed by atoms with Gasteiger partial charge >= 0.3 is 17.9 Å². The van der Waals surface area contributed by atoms with Gasteiger partial charge in [0.2, 0.25) is 0 Å². The normalized spacial score (nSPS) is 22.6. The second kappa shape index (κ2) is 12.7. The molecule has 1 aliphatic heterocycles. The number of benzene rings is 1. The van der Waals surface area contributed by atoms with Gasteiger partial charge < -0.3 is 18.9 Å². The fraction of sp³-hybridized carbons (Fsp3) is 0.393. The van der Waals surface area contributed by atoms with Crippen molar-refractivity contribution >= 4 is 40.8 Å². The minimum Gasteiger partial charge on any atom is -0.456 e. The molecule has 0 amide bonds. The van der Waals surface area contributed by atoms with Crippen LogP contribution in [-0.4, -0.2) is 52.3 Å². The predicted molar refractivity (Wildman–Crippen MR) is 144 cm³/mol. The molecule has 0 aliphatic carbocycles. The molecule has 5 atom stereocenters. The molecule has 1 unspecified atom stereocenters. The molecule has 3 heterocycles. The third-order valence-electron chi connectivity index (χ3n) is 6.18. The van der Waals surface area contributed by atoms with E-state index in [1.807, 2.05) is 25.1 Å². The van der Waals surface area contributed by atoms with E-state index < -0.39 is 48.4 Å². The van der Waals surface area contributed by atoms with E-state index in [2.05, 4.69) is 9.97 Å². The number of carbonyl (C=O) groups excluding carboxylic acids is 3. The lowest BCUT2D eigenvalue weighted by molar-refractivity contribution is -0.249. The molecule has 4 rings (SSSR count). The van der Waals surface area contributed by atoms with E-state index in [0.29, 0.717) is 23.4 Å². The van der Waals surface area contributed by atoms with Gasteiger partial charge in [0.05, 0.1) is 22.9 Å². The molecule has 1 aromatic carbocycles. The zero-order chi connectivity index (χ0) is 28.1. The molecular weight excluding hydrogens is 544 g/mol. The van der Waals surface area contributed by atoms with Gasteiger partial charge in [0.25, 0.3) is 0 Å². The number of esters is 3. The average molecular weight is 573 g/mol. The smallest absolute Gasteiger partial charge is 0.303 e. The minimum atomic E-state index is -1.06. The zero-order valence-electron chi connectivity index (χ0n) is 22.0. The predicted octanol–water partition coefficient (Wildman–Crippen LogP) is 5.09. The summed E-state index contributed by atoms with van der Waals surface area (Å²) in [6, 6.07) is 9.46. The number of carbonyl (C=O) groups is 3. The lowest BCUT2D eigenvalue weighted by atomic mass is 9.88. The maximum absolute atomic E-state index is 12.1. The van der Waals surface area contributed by atoms with Crippen LogP contribution in [0.4, 0.5) is 0 Å². The van der Waals surface area contributed by atoms with Crippen molar-refractivity contribution in [2.45, 2.75) is 71.1 Å². The Labute approximate surface area is 235 Å². The Bertz CT molecular complexity index is 1330. The van der Waals surface area contributed by atoms with Crippen LogP contribution in [-0.2, 0) is 39.8 Å². The molecule has 0 spiro atoms. The van der Waals surface area contributed by atoms with Crippen LogP contribution in [0.15, 0.2) is 48.9 Å². The van der Waals surface area contributed by atoms with Crippen LogP contribution in [0.1, 0.15) is 56.2 Å². The van der Waals surface area contributed by atoms with Crippen LogP contribution < -0.4 is 0 Å². The van der Waals surface area contributed by atoms with Crippen LogP contribution in [0.3, 0.4) is 0 Å². The van der Waals surface area contributed by atoms with E-state index in [1.54, 1.807) is 42.1 Å². The second-order valence-corrected chi connectivity index (χ2v) is 10.7. The first kappa shape index (κ1) is 28.7. The standard InChI is InChI=1S/C28H29ClN2O7S/c1-5-23-26(35-15(2)32)28(37-17(4)34)27(36-16(3)33)25(38-23)18-6-8-21(29)19(12-18)13-20-7-9-24(39-20)22-14-30-10-11-31-22/h6-12,14,23,25-28H,5,13H2,1-4H3/t23-,25?,26-,27+,28+/m1/s1. The van der Waals surface area contributed by atoms with Gasteiger partial charge in [0.1, 0.15) is 6.10 Å². The maximum atomic E-state index is 12.1. The van der Waals surface area contributed by atoms with E-state index in [4.69, 9.17) is 30.5 Å². The van der Waals surface area contributed by atoms with Crippen molar-refractivity contribution in [1.29, 1.82) is 0 Å². The summed E-state index contributed by atoms with van der Waals surface area (Å²) in [5, 5.41) is 0.564. The monoisotopic (exact) mass is 572 g/mol. The van der Waals surface area contributed by atoms with Crippen molar-refractivity contribution in [3.63, 3.8) is 0 Å². The summed E-state index contributed by atoms with van der Waals surface area (Å²) in [6.07, 6.45) is 1.51. The van der Waals surface area contributed by atoms with E-state index in [0.717, 1.165) is 21.0 Å². The number of thiophene rings is 1. The Morgan fingerprint density at radius 1 is 0.949 bits per heavy atom. The van der Waals surface area contributed by atoms with Crippen LogP contribution in [0.2, 0.25) is 5.02 Å². The molecule has 2 aromatic heterocycles. The van der Waals surface area contributed by atoms with Gasteiger partial charge in [-0.15, -0.1) is 11.3 Å². The topological polar surface area (TPSA) is 114 Å². The number of aromatic nitrogens is 2. The third-order valence-corrected chi connectivity index (χ3v) is 7.66. The highest BCUT2D eigenvalue weighted by molar-refractivity contribution is 7.15. The quantitative estimate of drug-likeness (QED) is 0.269. The number of halogens is 1. The Morgan fingerprint density at radius 2 is 1.64 bits per heavy atom. The molecule has 39 heavy (non-hydrogen) atoms. The van der Waals surface area contributed by atoms with Crippen molar-refractivity contribution in [2.75, 3.05) is 0 Å². The second-order valence-electron chi connectivity index (χ2n) is 9.11. The highest BCUT2D eigenvalue weighted by Gasteiger charge is 2.51. The van der Waals surface area contributed by atoms with Crippen molar-refractivity contribution in [3.05, 3.63) is 69.9 Å². The van der Waals surface area contributed by atoms with E-state index >= 15 is 0 Å². The van der Waals surface area contributed by atoms with Crippen molar-refractivity contribution in [3.8, 4) is 10.6 Å². The summed E-state index contributed by atoms with van der Waals surface area (Å²) < 4.78 is 23.1. The van der Waals surface area contributed by atoms with Gasteiger partial charge in [-0.1, -0.05) is 30.7 Å². The molecule has 0 radical (unpaired) electrons. The molecule has 1 aliphatic rings. The first-order valence-corrected chi connectivity index (χ1v) is 13.7. The van der Waals surface area contributed by atoms with Crippen LogP contribution in [0.5, 0.6) is 0 Å². The zero-order valence-corrected chi connectivity index (χ0v) is 23.5. The number of nitrogens with zero attached hydrogens (tertiary/aromatic N) is 2. The fourth-order valence-corrected chi connectivity index (χ4v) is 5.80. The van der Waals surface area contributed by atoms with Gasteiger partial charge in [0.15, 0.2) is 18.3 Å².